The molecule has 0 aliphatic rings. The maximum Gasteiger partial charge on any atom is 0.274 e. The number of anilines is 2. The number of pyridine rings is 1. The molecule has 2 N–H and O–H groups in total. The third kappa shape index (κ3) is 5.06. The van der Waals surface area contributed by atoms with Gasteiger partial charge in [-0.05, 0) is 48.4 Å². The van der Waals surface area contributed by atoms with Gasteiger partial charge in [-0.15, -0.1) is 0 Å². The molecule has 5 heteroatoms. The topological polar surface area (TPSA) is 54.0 Å². The molecule has 25 heavy (non-hydrogen) atoms. The molecule has 0 aliphatic carbocycles. The van der Waals surface area contributed by atoms with Crippen molar-refractivity contribution in [2.75, 3.05) is 17.2 Å². The number of nitrogens with one attached hydrogen (secondary N) is 2. The summed E-state index contributed by atoms with van der Waals surface area (Å²) in [6.07, 6.45) is 2.60. The van der Waals surface area contributed by atoms with Gasteiger partial charge in [-0.25, -0.2) is 4.98 Å². The van der Waals surface area contributed by atoms with Gasteiger partial charge in [0.25, 0.3) is 5.91 Å². The number of carbonyl (C=O) groups is 1. The first-order valence-corrected chi connectivity index (χ1v) is 8.39. The summed E-state index contributed by atoms with van der Waals surface area (Å²) in [5, 5.41) is 6.72. The Bertz CT molecular complexity index is 818. The van der Waals surface area contributed by atoms with E-state index in [1.54, 1.807) is 36.5 Å². The molecule has 1 amide bonds. The van der Waals surface area contributed by atoms with E-state index in [9.17, 15) is 4.79 Å². The Morgan fingerprint density at radius 3 is 2.32 bits per heavy atom. The number of halogens is 1. The lowest BCUT2D eigenvalue weighted by atomic mass is 10.1. The largest absolute Gasteiger partial charge is 0.383 e. The second-order valence-electron chi connectivity index (χ2n) is 5.56. The first-order valence-electron chi connectivity index (χ1n) is 8.01. The average molecular weight is 352 g/mol. The number of hydrogen-bond donors (Lipinski definition) is 2. The van der Waals surface area contributed by atoms with Crippen molar-refractivity contribution in [2.45, 2.75) is 6.42 Å². The van der Waals surface area contributed by atoms with Crippen LogP contribution in [0.4, 0.5) is 11.4 Å². The Labute approximate surface area is 151 Å². The maximum atomic E-state index is 12.2. The van der Waals surface area contributed by atoms with Crippen LogP contribution in [0.1, 0.15) is 16.1 Å². The summed E-state index contributed by atoms with van der Waals surface area (Å²) >= 11 is 5.83. The Kier molecular flexibility index (Phi) is 5.65. The van der Waals surface area contributed by atoms with E-state index in [4.69, 9.17) is 11.6 Å². The van der Waals surface area contributed by atoms with E-state index in [-0.39, 0.29) is 5.91 Å². The number of amides is 1. The Morgan fingerprint density at radius 2 is 1.64 bits per heavy atom. The molecule has 0 saturated heterocycles. The zero-order valence-corrected chi connectivity index (χ0v) is 14.3. The molecular weight excluding hydrogens is 334 g/mol. The quantitative estimate of drug-likeness (QED) is 0.680. The number of nitrogens with zero attached hydrogens (tertiary/aromatic N) is 1. The van der Waals surface area contributed by atoms with Crippen molar-refractivity contribution in [2.24, 2.45) is 0 Å². The zero-order valence-electron chi connectivity index (χ0n) is 13.6. The van der Waals surface area contributed by atoms with Crippen molar-refractivity contribution in [1.29, 1.82) is 0 Å². The molecule has 0 saturated carbocycles. The van der Waals surface area contributed by atoms with Gasteiger partial charge in [0.2, 0.25) is 0 Å². The minimum absolute atomic E-state index is 0.252. The molecule has 4 nitrogen and oxygen atoms in total. The van der Waals surface area contributed by atoms with E-state index < -0.39 is 0 Å². The molecule has 3 rings (SSSR count). The second kappa shape index (κ2) is 8.31. The molecule has 0 unspecified atom stereocenters. The average Bonchev–Trinajstić information content (AvgIpc) is 2.65. The summed E-state index contributed by atoms with van der Waals surface area (Å²) < 4.78 is 0. The van der Waals surface area contributed by atoms with Gasteiger partial charge in [-0.1, -0.05) is 41.9 Å². The van der Waals surface area contributed by atoms with Crippen LogP contribution in [0.5, 0.6) is 0 Å². The molecule has 1 aromatic heterocycles. The van der Waals surface area contributed by atoms with Crippen LogP contribution >= 0.6 is 11.6 Å². The second-order valence-corrected chi connectivity index (χ2v) is 5.99. The summed E-state index contributed by atoms with van der Waals surface area (Å²) in [5.41, 5.74) is 3.21. The molecule has 0 aliphatic heterocycles. The first-order chi connectivity index (χ1) is 12.2. The predicted octanol–water partition coefficient (Wildman–Crippen LogP) is 4.64. The summed E-state index contributed by atoms with van der Waals surface area (Å²) in [7, 11) is 0. The summed E-state index contributed by atoms with van der Waals surface area (Å²) in [5.74, 6) is -0.252. The van der Waals surface area contributed by atoms with E-state index in [0.717, 1.165) is 18.7 Å². The molecule has 126 valence electrons. The van der Waals surface area contributed by atoms with Gasteiger partial charge in [-0.3, -0.25) is 4.79 Å². The van der Waals surface area contributed by atoms with Crippen molar-refractivity contribution in [3.63, 3.8) is 0 Å². The van der Waals surface area contributed by atoms with Gasteiger partial charge >= 0.3 is 0 Å². The molecule has 0 spiro atoms. The smallest absolute Gasteiger partial charge is 0.274 e. The summed E-state index contributed by atoms with van der Waals surface area (Å²) in [4.78, 5) is 16.4. The lowest BCUT2D eigenvalue weighted by Gasteiger charge is -2.08. The predicted molar refractivity (Wildman–Crippen MR) is 102 cm³/mol. The van der Waals surface area contributed by atoms with E-state index in [1.165, 1.54) is 5.56 Å². The number of carbonyl (C=O) groups excluding carboxylic acids is 1. The molecule has 3 aromatic rings. The van der Waals surface area contributed by atoms with Crippen LogP contribution in [0.25, 0.3) is 0 Å². The van der Waals surface area contributed by atoms with E-state index in [1.807, 2.05) is 24.3 Å². The van der Waals surface area contributed by atoms with Gasteiger partial charge in [0.1, 0.15) is 5.69 Å². The van der Waals surface area contributed by atoms with Crippen molar-refractivity contribution in [1.82, 2.24) is 4.98 Å². The molecular formula is C20H18ClN3O. The van der Waals surface area contributed by atoms with Crippen LogP contribution in [0, 0.1) is 0 Å². The van der Waals surface area contributed by atoms with Crippen LogP contribution in [0.2, 0.25) is 5.02 Å². The summed E-state index contributed by atoms with van der Waals surface area (Å²) in [6, 6.07) is 20.8. The van der Waals surface area contributed by atoms with E-state index >= 15 is 0 Å². The van der Waals surface area contributed by atoms with Crippen molar-refractivity contribution in [3.05, 3.63) is 89.2 Å². The number of benzene rings is 2. The Hall–Kier alpha value is -2.85. The van der Waals surface area contributed by atoms with E-state index in [2.05, 4.69) is 27.8 Å². The first kappa shape index (κ1) is 17.0. The van der Waals surface area contributed by atoms with Crippen molar-refractivity contribution in [3.8, 4) is 0 Å². The fourth-order valence-corrected chi connectivity index (χ4v) is 2.48. The van der Waals surface area contributed by atoms with Gasteiger partial charge in [0.15, 0.2) is 0 Å². The lowest BCUT2D eigenvalue weighted by Crippen LogP contribution is -2.14. The molecule has 0 bridgehead atoms. The van der Waals surface area contributed by atoms with Gasteiger partial charge in [0, 0.05) is 17.3 Å². The van der Waals surface area contributed by atoms with Crippen LogP contribution in [-0.4, -0.2) is 17.4 Å². The van der Waals surface area contributed by atoms with Crippen LogP contribution < -0.4 is 10.6 Å². The maximum absolute atomic E-state index is 12.2. The highest BCUT2D eigenvalue weighted by molar-refractivity contribution is 6.30. The minimum atomic E-state index is -0.252. The Balaban J connectivity index is 1.52. The lowest BCUT2D eigenvalue weighted by molar-refractivity contribution is 0.102. The highest BCUT2D eigenvalue weighted by atomic mass is 35.5. The fourth-order valence-electron chi connectivity index (χ4n) is 2.36. The number of hydrogen-bond acceptors (Lipinski definition) is 3. The molecule has 0 atom stereocenters. The minimum Gasteiger partial charge on any atom is -0.383 e. The number of rotatable bonds is 6. The number of aromatic nitrogens is 1. The van der Waals surface area contributed by atoms with Crippen LogP contribution in [0.15, 0.2) is 72.9 Å². The summed E-state index contributed by atoms with van der Waals surface area (Å²) in [6.45, 7) is 0.808. The fraction of sp³-hybridized carbons (Fsp3) is 0.100. The van der Waals surface area contributed by atoms with Gasteiger partial charge in [0.05, 0.1) is 11.9 Å². The molecule has 0 radical (unpaired) electrons. The highest BCUT2D eigenvalue weighted by Gasteiger charge is 2.07. The Morgan fingerprint density at radius 1 is 0.920 bits per heavy atom. The monoisotopic (exact) mass is 351 g/mol. The van der Waals surface area contributed by atoms with Crippen LogP contribution in [-0.2, 0) is 6.42 Å². The SMILES string of the molecule is O=C(Nc1ccc(Cl)cc1)c1ccc(NCCc2ccccc2)cn1. The molecule has 2 aromatic carbocycles. The standard InChI is InChI=1S/C20H18ClN3O/c21-16-6-8-17(9-7-16)24-20(25)19-11-10-18(14-23-19)22-13-12-15-4-2-1-3-5-15/h1-11,14,22H,12-13H2,(H,24,25). The molecule has 0 fully saturated rings. The highest BCUT2D eigenvalue weighted by Crippen LogP contribution is 2.14. The van der Waals surface area contributed by atoms with E-state index in [0.29, 0.717) is 16.4 Å². The molecule has 1 heterocycles. The van der Waals surface area contributed by atoms with Gasteiger partial charge in [-0.2, -0.15) is 0 Å². The zero-order chi connectivity index (χ0) is 17.5. The third-order valence-electron chi connectivity index (χ3n) is 3.68. The normalized spacial score (nSPS) is 10.3. The van der Waals surface area contributed by atoms with Crippen LogP contribution in [0.3, 0.4) is 0 Å². The van der Waals surface area contributed by atoms with Crippen molar-refractivity contribution < 1.29 is 4.79 Å². The van der Waals surface area contributed by atoms with Crippen molar-refractivity contribution >= 4 is 28.9 Å². The third-order valence-corrected chi connectivity index (χ3v) is 3.94. The van der Waals surface area contributed by atoms with Gasteiger partial charge < -0.3 is 10.6 Å².